The third-order valence-corrected chi connectivity index (χ3v) is 7.14. The van der Waals surface area contributed by atoms with Gasteiger partial charge in [0.05, 0.1) is 12.2 Å². The third kappa shape index (κ3) is 5.79. The zero-order chi connectivity index (χ0) is 22.6. The van der Waals surface area contributed by atoms with Crippen LogP contribution in [0.5, 0.6) is 0 Å². The van der Waals surface area contributed by atoms with Crippen LogP contribution in [0.25, 0.3) is 11.0 Å². The predicted molar refractivity (Wildman–Crippen MR) is 124 cm³/mol. The molecule has 3 rings (SSSR count). The molecule has 1 saturated heterocycles. The molecule has 0 saturated carbocycles. The molecule has 170 valence electrons. The summed E-state index contributed by atoms with van der Waals surface area (Å²) < 4.78 is 12.7. The first-order chi connectivity index (χ1) is 14.7. The Hall–Kier alpha value is -2.08. The van der Waals surface area contributed by atoms with E-state index in [2.05, 4.69) is 29.5 Å². The first-order valence-corrected chi connectivity index (χ1v) is 14.5. The van der Waals surface area contributed by atoms with Crippen LogP contribution in [0.1, 0.15) is 6.92 Å². The molecule has 1 aliphatic heterocycles. The molecule has 0 spiro atoms. The molecule has 11 heteroatoms. The van der Waals surface area contributed by atoms with E-state index in [1.807, 2.05) is 6.07 Å². The molecule has 0 unspecified atom stereocenters. The molecule has 0 bridgehead atoms. The summed E-state index contributed by atoms with van der Waals surface area (Å²) in [4.78, 5) is 20.4. The zero-order valence-corrected chi connectivity index (χ0v) is 19.9. The number of rotatable bonds is 8. The van der Waals surface area contributed by atoms with Gasteiger partial charge in [0, 0.05) is 58.1 Å². The van der Waals surface area contributed by atoms with Crippen molar-refractivity contribution in [3.63, 3.8) is 0 Å². The van der Waals surface area contributed by atoms with E-state index in [1.165, 1.54) is 0 Å². The molecule has 2 aromatic rings. The van der Waals surface area contributed by atoms with Crippen molar-refractivity contribution in [1.29, 1.82) is 0 Å². The lowest BCUT2D eigenvalue weighted by molar-refractivity contribution is 0.0912. The van der Waals surface area contributed by atoms with Crippen LogP contribution >= 0.6 is 0 Å². The molecule has 2 N–H and O–H groups in total. The summed E-state index contributed by atoms with van der Waals surface area (Å²) in [6.07, 6.45) is 1.44. The van der Waals surface area contributed by atoms with Gasteiger partial charge in [-0.25, -0.2) is 9.78 Å². The van der Waals surface area contributed by atoms with Crippen molar-refractivity contribution < 1.29 is 24.3 Å². The second-order valence-corrected chi connectivity index (χ2v) is 14.6. The first kappa shape index (κ1) is 23.6. The van der Waals surface area contributed by atoms with Gasteiger partial charge in [0.2, 0.25) is 0 Å². The molecule has 1 amide bonds. The number of carbonyl (C=O) groups excluding carboxylic acids is 1. The van der Waals surface area contributed by atoms with Crippen molar-refractivity contribution in [3.05, 3.63) is 18.3 Å². The van der Waals surface area contributed by atoms with Gasteiger partial charge < -0.3 is 33.9 Å². The summed E-state index contributed by atoms with van der Waals surface area (Å²) in [6, 6.07) is 4.72. The molecule has 1 fully saturated rings. The smallest absolute Gasteiger partial charge is 0.450 e. The topological polar surface area (TPSA) is 100 Å². The van der Waals surface area contributed by atoms with Crippen LogP contribution in [0.3, 0.4) is 0 Å². The summed E-state index contributed by atoms with van der Waals surface area (Å²) in [5.41, 5.74) is 1.96. The van der Waals surface area contributed by atoms with Crippen molar-refractivity contribution >= 4 is 43.6 Å². The molecule has 2 aromatic heterocycles. The van der Waals surface area contributed by atoms with Crippen LogP contribution in [-0.4, -0.2) is 85.2 Å². The van der Waals surface area contributed by atoms with Crippen molar-refractivity contribution in [2.45, 2.75) is 39.3 Å². The molecule has 0 aliphatic carbocycles. The molecule has 0 atom stereocenters. The standard InChI is InChI=1S/C20H33BN4O5Si/c1-5-30-20(26)24-10-8-23(9-11-24)17-6-7-22-19-16(17)14-18(21(27)28)25(19)15-29-12-13-31(2,3)4/h6-7,14,27-28H,5,8-13,15H2,1-4H3. The molecular formula is C20H33BN4O5Si. The van der Waals surface area contributed by atoms with Crippen LogP contribution in [-0.2, 0) is 16.2 Å². The monoisotopic (exact) mass is 448 g/mol. The molecular weight excluding hydrogens is 415 g/mol. The Morgan fingerprint density at radius 1 is 1.23 bits per heavy atom. The highest BCUT2D eigenvalue weighted by atomic mass is 28.3. The summed E-state index contributed by atoms with van der Waals surface area (Å²) >= 11 is 0. The highest BCUT2D eigenvalue weighted by molar-refractivity contribution is 6.76. The fraction of sp³-hybridized carbons (Fsp3) is 0.600. The molecule has 3 heterocycles. The zero-order valence-electron chi connectivity index (χ0n) is 18.9. The minimum absolute atomic E-state index is 0.216. The highest BCUT2D eigenvalue weighted by Crippen LogP contribution is 2.27. The fourth-order valence-corrected chi connectivity index (χ4v) is 4.41. The Kier molecular flexibility index (Phi) is 7.63. The largest absolute Gasteiger partial charge is 0.506 e. The Balaban J connectivity index is 1.79. The highest BCUT2D eigenvalue weighted by Gasteiger charge is 2.26. The van der Waals surface area contributed by atoms with Crippen molar-refractivity contribution in [1.82, 2.24) is 14.5 Å². The minimum Gasteiger partial charge on any atom is -0.450 e. The second-order valence-electron chi connectivity index (χ2n) is 8.96. The first-order valence-electron chi connectivity index (χ1n) is 10.8. The summed E-state index contributed by atoms with van der Waals surface area (Å²) in [7, 11) is -2.83. The van der Waals surface area contributed by atoms with E-state index < -0.39 is 15.2 Å². The van der Waals surface area contributed by atoms with Crippen LogP contribution in [0.2, 0.25) is 25.7 Å². The molecule has 31 heavy (non-hydrogen) atoms. The summed E-state index contributed by atoms with van der Waals surface area (Å²) in [6.45, 7) is 12.3. The van der Waals surface area contributed by atoms with E-state index in [9.17, 15) is 14.8 Å². The number of hydrogen-bond donors (Lipinski definition) is 2. The van der Waals surface area contributed by atoms with Gasteiger partial charge in [0.15, 0.2) is 0 Å². The van der Waals surface area contributed by atoms with Crippen molar-refractivity contribution in [2.75, 3.05) is 44.3 Å². The maximum atomic E-state index is 12.0. The van der Waals surface area contributed by atoms with Gasteiger partial charge in [-0.1, -0.05) is 19.6 Å². The normalized spacial score (nSPS) is 14.9. The number of anilines is 1. The number of piperazine rings is 1. The Bertz CT molecular complexity index is 894. The minimum atomic E-state index is -1.62. The maximum absolute atomic E-state index is 12.0. The number of pyridine rings is 1. The number of nitrogens with zero attached hydrogens (tertiary/aromatic N) is 4. The molecule has 1 aliphatic rings. The van der Waals surface area contributed by atoms with E-state index in [0.29, 0.717) is 50.6 Å². The maximum Gasteiger partial charge on any atom is 0.506 e. The number of carbonyl (C=O) groups is 1. The SMILES string of the molecule is CCOC(=O)N1CCN(c2ccnc3c2cc(B(O)O)n3COCC[Si](C)(C)C)CC1. The van der Waals surface area contributed by atoms with E-state index in [4.69, 9.17) is 9.47 Å². The quantitative estimate of drug-likeness (QED) is 0.464. The average Bonchev–Trinajstić information content (AvgIpc) is 3.10. The van der Waals surface area contributed by atoms with Crippen LogP contribution in [0.4, 0.5) is 10.5 Å². The number of fused-ring (bicyclic) bond motifs is 1. The average molecular weight is 448 g/mol. The molecule has 0 radical (unpaired) electrons. The molecule has 9 nitrogen and oxygen atoms in total. The van der Waals surface area contributed by atoms with E-state index in [1.54, 1.807) is 28.7 Å². The number of hydrogen-bond acceptors (Lipinski definition) is 7. The summed E-state index contributed by atoms with van der Waals surface area (Å²) in [5.74, 6) is 0. The number of ether oxygens (including phenoxy) is 2. The van der Waals surface area contributed by atoms with Gasteiger partial charge in [0.1, 0.15) is 12.4 Å². The van der Waals surface area contributed by atoms with Crippen LogP contribution in [0, 0.1) is 0 Å². The van der Waals surface area contributed by atoms with Crippen LogP contribution < -0.4 is 10.5 Å². The van der Waals surface area contributed by atoms with E-state index >= 15 is 0 Å². The fourth-order valence-electron chi connectivity index (χ4n) is 3.66. The Morgan fingerprint density at radius 2 is 1.94 bits per heavy atom. The van der Waals surface area contributed by atoms with Gasteiger partial charge in [-0.2, -0.15) is 0 Å². The number of aromatic nitrogens is 2. The van der Waals surface area contributed by atoms with Gasteiger partial charge in [-0.05, 0) is 25.1 Å². The predicted octanol–water partition coefficient (Wildman–Crippen LogP) is 1.31. The molecule has 0 aromatic carbocycles. The van der Waals surface area contributed by atoms with E-state index in [-0.39, 0.29) is 12.8 Å². The van der Waals surface area contributed by atoms with Crippen LogP contribution in [0.15, 0.2) is 18.3 Å². The Morgan fingerprint density at radius 3 is 2.55 bits per heavy atom. The third-order valence-electron chi connectivity index (χ3n) is 5.43. The second kappa shape index (κ2) is 10.0. The van der Waals surface area contributed by atoms with Gasteiger partial charge in [0.25, 0.3) is 0 Å². The van der Waals surface area contributed by atoms with Gasteiger partial charge in [-0.3, -0.25) is 0 Å². The van der Waals surface area contributed by atoms with Gasteiger partial charge in [-0.15, -0.1) is 0 Å². The van der Waals surface area contributed by atoms with E-state index in [0.717, 1.165) is 17.1 Å². The number of amides is 1. The van der Waals surface area contributed by atoms with Gasteiger partial charge >= 0.3 is 13.2 Å². The lowest BCUT2D eigenvalue weighted by Gasteiger charge is -2.35. The Labute approximate surface area is 184 Å². The van der Waals surface area contributed by atoms with Crippen molar-refractivity contribution in [3.8, 4) is 0 Å². The van der Waals surface area contributed by atoms with Crippen molar-refractivity contribution in [2.24, 2.45) is 0 Å². The lowest BCUT2D eigenvalue weighted by atomic mass is 9.86. The lowest BCUT2D eigenvalue weighted by Crippen LogP contribution is -2.49. The summed E-state index contributed by atoms with van der Waals surface area (Å²) in [5, 5.41) is 20.7.